The van der Waals surface area contributed by atoms with E-state index < -0.39 is 6.09 Å². The van der Waals surface area contributed by atoms with E-state index in [4.69, 9.17) is 9.84 Å². The molecule has 24 heavy (non-hydrogen) atoms. The SMILES string of the molecule is C[C@H]1Cc2c(cncc2Oc2ccc3c(ccn3C(=O)O)c2)CN1. The van der Waals surface area contributed by atoms with Crippen molar-refractivity contribution in [3.8, 4) is 11.5 Å². The molecule has 2 aromatic heterocycles. The molecule has 6 nitrogen and oxygen atoms in total. The van der Waals surface area contributed by atoms with Gasteiger partial charge in [0.25, 0.3) is 0 Å². The van der Waals surface area contributed by atoms with Crippen molar-refractivity contribution >= 4 is 17.0 Å². The minimum Gasteiger partial charge on any atom is -0.464 e. The van der Waals surface area contributed by atoms with Gasteiger partial charge in [-0.25, -0.2) is 4.79 Å². The summed E-state index contributed by atoms with van der Waals surface area (Å²) in [6, 6.07) is 7.55. The first-order valence-corrected chi connectivity index (χ1v) is 7.83. The number of carboxylic acid groups (broad SMARTS) is 1. The van der Waals surface area contributed by atoms with Gasteiger partial charge in [0.1, 0.15) is 11.5 Å². The Labute approximate surface area is 138 Å². The number of benzene rings is 1. The predicted molar refractivity (Wildman–Crippen MR) is 89.7 cm³/mol. The molecule has 6 heteroatoms. The molecule has 4 rings (SSSR count). The molecule has 1 atom stereocenters. The van der Waals surface area contributed by atoms with Gasteiger partial charge in [0.05, 0.1) is 11.7 Å². The number of hydrogen-bond donors (Lipinski definition) is 2. The van der Waals surface area contributed by atoms with Crippen LogP contribution in [0.3, 0.4) is 0 Å². The van der Waals surface area contributed by atoms with Crippen molar-refractivity contribution in [1.82, 2.24) is 14.9 Å². The maximum Gasteiger partial charge on any atom is 0.415 e. The number of fused-ring (bicyclic) bond motifs is 2. The van der Waals surface area contributed by atoms with E-state index in [1.165, 1.54) is 16.3 Å². The van der Waals surface area contributed by atoms with E-state index in [-0.39, 0.29) is 0 Å². The van der Waals surface area contributed by atoms with Crippen LogP contribution in [0.1, 0.15) is 18.1 Å². The van der Waals surface area contributed by atoms with Crippen molar-refractivity contribution in [2.24, 2.45) is 0 Å². The van der Waals surface area contributed by atoms with Crippen LogP contribution in [0.15, 0.2) is 42.9 Å². The van der Waals surface area contributed by atoms with Gasteiger partial charge < -0.3 is 15.2 Å². The van der Waals surface area contributed by atoms with Gasteiger partial charge in [-0.3, -0.25) is 9.55 Å². The molecule has 3 aromatic rings. The van der Waals surface area contributed by atoms with Crippen molar-refractivity contribution in [3.63, 3.8) is 0 Å². The Hall–Kier alpha value is -2.86. The van der Waals surface area contributed by atoms with Crippen LogP contribution < -0.4 is 10.1 Å². The third-order valence-electron chi connectivity index (χ3n) is 4.35. The summed E-state index contributed by atoms with van der Waals surface area (Å²) in [5, 5.41) is 13.4. The van der Waals surface area contributed by atoms with E-state index in [0.717, 1.165) is 29.7 Å². The first-order valence-electron chi connectivity index (χ1n) is 7.83. The molecule has 0 spiro atoms. The molecule has 0 amide bonds. The number of aromatic nitrogens is 2. The second kappa shape index (κ2) is 5.65. The van der Waals surface area contributed by atoms with Gasteiger partial charge in [0.15, 0.2) is 0 Å². The lowest BCUT2D eigenvalue weighted by Crippen LogP contribution is -2.33. The standard InChI is InChI=1S/C18H17N3O3/c1-11-6-15-13(9-20-11)8-19-10-17(15)24-14-2-3-16-12(7-14)4-5-21(16)18(22)23/h2-5,7-8,10-11,20H,6,9H2,1H3,(H,22,23)/t11-/m0/s1. The summed E-state index contributed by atoms with van der Waals surface area (Å²) in [4.78, 5) is 15.4. The highest BCUT2D eigenvalue weighted by molar-refractivity contribution is 5.89. The lowest BCUT2D eigenvalue weighted by Gasteiger charge is -2.24. The zero-order valence-electron chi connectivity index (χ0n) is 13.2. The van der Waals surface area contributed by atoms with E-state index >= 15 is 0 Å². The number of ether oxygens (including phenoxy) is 1. The Morgan fingerprint density at radius 2 is 2.25 bits per heavy atom. The van der Waals surface area contributed by atoms with Crippen LogP contribution >= 0.6 is 0 Å². The number of carbonyl (C=O) groups is 1. The van der Waals surface area contributed by atoms with Crippen LogP contribution in [0.4, 0.5) is 4.79 Å². The second-order valence-corrected chi connectivity index (χ2v) is 6.05. The maximum atomic E-state index is 11.2. The second-order valence-electron chi connectivity index (χ2n) is 6.05. The molecule has 1 aromatic carbocycles. The maximum absolute atomic E-state index is 11.2. The van der Waals surface area contributed by atoms with Crippen LogP contribution in [0.25, 0.3) is 10.9 Å². The number of nitrogens with zero attached hydrogens (tertiary/aromatic N) is 2. The molecule has 0 unspecified atom stereocenters. The Kier molecular flexibility index (Phi) is 3.46. The summed E-state index contributed by atoms with van der Waals surface area (Å²) in [6.45, 7) is 2.94. The highest BCUT2D eigenvalue weighted by Gasteiger charge is 2.19. The fourth-order valence-corrected chi connectivity index (χ4v) is 3.12. The predicted octanol–water partition coefficient (Wildman–Crippen LogP) is 3.39. The van der Waals surface area contributed by atoms with Crippen LogP contribution in [-0.4, -0.2) is 26.8 Å². The van der Waals surface area contributed by atoms with Crippen molar-refractivity contribution < 1.29 is 14.6 Å². The molecular weight excluding hydrogens is 306 g/mol. The quantitative estimate of drug-likeness (QED) is 0.756. The van der Waals surface area contributed by atoms with E-state index in [2.05, 4.69) is 17.2 Å². The summed E-state index contributed by atoms with van der Waals surface area (Å²) in [5.74, 6) is 1.44. The van der Waals surface area contributed by atoms with Crippen LogP contribution in [0.5, 0.6) is 11.5 Å². The van der Waals surface area contributed by atoms with Gasteiger partial charge in [-0.15, -0.1) is 0 Å². The molecule has 0 fully saturated rings. The number of nitrogens with one attached hydrogen (secondary N) is 1. The van der Waals surface area contributed by atoms with E-state index in [9.17, 15) is 4.79 Å². The zero-order valence-corrected chi connectivity index (χ0v) is 13.2. The molecule has 2 N–H and O–H groups in total. The number of rotatable bonds is 2. The van der Waals surface area contributed by atoms with Gasteiger partial charge >= 0.3 is 6.09 Å². The average molecular weight is 323 g/mol. The van der Waals surface area contributed by atoms with Crippen molar-refractivity contribution in [3.05, 3.63) is 54.0 Å². The van der Waals surface area contributed by atoms with Crippen LogP contribution in [-0.2, 0) is 13.0 Å². The van der Waals surface area contributed by atoms with Crippen molar-refractivity contribution in [2.75, 3.05) is 0 Å². The molecule has 1 aliphatic heterocycles. The van der Waals surface area contributed by atoms with E-state index in [1.807, 2.05) is 12.3 Å². The topological polar surface area (TPSA) is 76.4 Å². The monoisotopic (exact) mass is 323 g/mol. The average Bonchev–Trinajstić information content (AvgIpc) is 2.99. The lowest BCUT2D eigenvalue weighted by molar-refractivity contribution is 0.197. The molecule has 0 bridgehead atoms. The van der Waals surface area contributed by atoms with E-state index in [0.29, 0.717) is 17.3 Å². The Balaban J connectivity index is 1.69. The molecule has 0 aliphatic carbocycles. The smallest absolute Gasteiger partial charge is 0.415 e. The minimum absolute atomic E-state index is 0.398. The first-order chi connectivity index (χ1) is 11.6. The Bertz CT molecular complexity index is 932. The van der Waals surface area contributed by atoms with E-state index in [1.54, 1.807) is 24.4 Å². The van der Waals surface area contributed by atoms with Gasteiger partial charge in [-0.2, -0.15) is 0 Å². The summed E-state index contributed by atoms with van der Waals surface area (Å²) in [7, 11) is 0. The molecule has 0 saturated heterocycles. The Morgan fingerprint density at radius 1 is 1.38 bits per heavy atom. The molecular formula is C18H17N3O3. The minimum atomic E-state index is -0.999. The molecule has 0 saturated carbocycles. The lowest BCUT2D eigenvalue weighted by atomic mass is 9.98. The first kappa shape index (κ1) is 14.7. The van der Waals surface area contributed by atoms with Gasteiger partial charge in [-0.1, -0.05) is 0 Å². The fourth-order valence-electron chi connectivity index (χ4n) is 3.12. The largest absolute Gasteiger partial charge is 0.464 e. The molecule has 122 valence electrons. The fraction of sp³-hybridized carbons (Fsp3) is 0.222. The zero-order chi connectivity index (χ0) is 16.7. The third kappa shape index (κ3) is 2.51. The normalized spacial score (nSPS) is 16.8. The van der Waals surface area contributed by atoms with Gasteiger partial charge in [0, 0.05) is 35.9 Å². The summed E-state index contributed by atoms with van der Waals surface area (Å²) in [5.41, 5.74) is 2.98. The van der Waals surface area contributed by atoms with Crippen molar-refractivity contribution in [1.29, 1.82) is 0 Å². The highest BCUT2D eigenvalue weighted by atomic mass is 16.5. The third-order valence-corrected chi connectivity index (χ3v) is 4.35. The number of pyridine rings is 1. The van der Waals surface area contributed by atoms with Crippen molar-refractivity contribution in [2.45, 2.75) is 25.9 Å². The summed E-state index contributed by atoms with van der Waals surface area (Å²) < 4.78 is 7.25. The number of hydrogen-bond acceptors (Lipinski definition) is 4. The van der Waals surface area contributed by atoms with Crippen LogP contribution in [0.2, 0.25) is 0 Å². The molecule has 3 heterocycles. The van der Waals surface area contributed by atoms with Gasteiger partial charge in [-0.05, 0) is 43.2 Å². The molecule has 1 aliphatic rings. The summed E-state index contributed by atoms with van der Waals surface area (Å²) in [6.07, 6.45) is 5.04. The highest BCUT2D eigenvalue weighted by Crippen LogP contribution is 2.31. The van der Waals surface area contributed by atoms with Crippen LogP contribution in [0, 0.1) is 0 Å². The molecule has 0 radical (unpaired) electrons. The Morgan fingerprint density at radius 3 is 3.08 bits per heavy atom. The van der Waals surface area contributed by atoms with Gasteiger partial charge in [0.2, 0.25) is 0 Å². The summed E-state index contributed by atoms with van der Waals surface area (Å²) >= 11 is 0.